The number of hydrogen-bond donors (Lipinski definition) is 2. The minimum atomic E-state index is -3.30. The zero-order chi connectivity index (χ0) is 30.9. The standard InChI is InChI=1S/C32H39ClN2O5SSi/c1-6-41(38,39)25-13-7-22(8-14-25)21-29(36)35-28-16-15-26-27(34-28)17-18-32(30(26)37,23-9-11-24(33)12-10-23)20-19-31(2,3)42(4,5)40/h7-16,40H,6,17-21H2,1-5H3,(H,34,35,36). The van der Waals surface area contributed by atoms with Crippen molar-refractivity contribution in [2.45, 2.75) is 81.3 Å². The average molecular weight is 627 g/mol. The third-order valence-corrected chi connectivity index (χ3v) is 14.5. The number of amides is 1. The zero-order valence-electron chi connectivity index (χ0n) is 24.8. The van der Waals surface area contributed by atoms with Crippen LogP contribution >= 0.6 is 11.6 Å². The predicted octanol–water partition coefficient (Wildman–Crippen LogP) is 6.53. The monoisotopic (exact) mass is 626 g/mol. The fourth-order valence-corrected chi connectivity index (χ4v) is 7.03. The lowest BCUT2D eigenvalue weighted by atomic mass is 9.64. The lowest BCUT2D eigenvalue weighted by molar-refractivity contribution is -0.115. The Kier molecular flexibility index (Phi) is 9.19. The molecule has 1 atom stereocenters. The Balaban J connectivity index is 1.55. The van der Waals surface area contributed by atoms with E-state index in [-0.39, 0.29) is 33.8 Å². The molecule has 0 radical (unpaired) electrons. The topological polar surface area (TPSA) is 113 Å². The molecule has 1 heterocycles. The zero-order valence-corrected chi connectivity index (χ0v) is 27.4. The average Bonchev–Trinajstić information content (AvgIpc) is 2.93. The Morgan fingerprint density at radius 1 is 1.07 bits per heavy atom. The first-order chi connectivity index (χ1) is 19.6. The summed E-state index contributed by atoms with van der Waals surface area (Å²) in [6.45, 7) is 9.62. The van der Waals surface area contributed by atoms with Gasteiger partial charge in [0.1, 0.15) is 5.82 Å². The van der Waals surface area contributed by atoms with E-state index in [0.29, 0.717) is 53.3 Å². The molecule has 0 spiro atoms. The van der Waals surface area contributed by atoms with Crippen LogP contribution in [0.15, 0.2) is 65.6 Å². The Bertz CT molecular complexity index is 1580. The summed E-state index contributed by atoms with van der Waals surface area (Å²) >= 11 is 6.18. The number of sulfone groups is 1. The molecule has 1 unspecified atom stereocenters. The van der Waals surface area contributed by atoms with E-state index >= 15 is 0 Å². The van der Waals surface area contributed by atoms with Crippen LogP contribution in [-0.4, -0.2) is 44.0 Å². The minimum absolute atomic E-state index is 0.00761. The quantitative estimate of drug-likeness (QED) is 0.247. The first-order valence-electron chi connectivity index (χ1n) is 14.2. The van der Waals surface area contributed by atoms with Gasteiger partial charge < -0.3 is 10.1 Å². The summed E-state index contributed by atoms with van der Waals surface area (Å²) in [5, 5.41) is 3.13. The third-order valence-electron chi connectivity index (χ3n) is 8.97. The smallest absolute Gasteiger partial charge is 0.229 e. The number of nitrogens with one attached hydrogen (secondary N) is 1. The second-order valence-electron chi connectivity index (χ2n) is 12.3. The molecule has 7 nitrogen and oxygen atoms in total. The molecule has 224 valence electrons. The molecular formula is C32H39ClN2O5SSi. The number of aromatic nitrogens is 1. The highest BCUT2D eigenvalue weighted by Gasteiger charge is 2.47. The van der Waals surface area contributed by atoms with E-state index in [4.69, 9.17) is 11.6 Å². The Morgan fingerprint density at radius 3 is 2.31 bits per heavy atom. The maximum absolute atomic E-state index is 14.2. The van der Waals surface area contributed by atoms with Crippen LogP contribution in [0.5, 0.6) is 0 Å². The number of hydrogen-bond acceptors (Lipinski definition) is 6. The van der Waals surface area contributed by atoms with Gasteiger partial charge in [0, 0.05) is 10.6 Å². The molecule has 10 heteroatoms. The first kappa shape index (κ1) is 32.1. The summed E-state index contributed by atoms with van der Waals surface area (Å²) in [7, 11) is -5.79. The van der Waals surface area contributed by atoms with Crippen molar-refractivity contribution in [1.82, 2.24) is 4.98 Å². The fourth-order valence-electron chi connectivity index (χ4n) is 5.28. The Labute approximate surface area is 254 Å². The maximum atomic E-state index is 14.2. The first-order valence-corrected chi connectivity index (χ1v) is 19.2. The number of carbonyl (C=O) groups is 2. The van der Waals surface area contributed by atoms with Crippen molar-refractivity contribution < 1.29 is 22.8 Å². The highest BCUT2D eigenvalue weighted by atomic mass is 35.5. The van der Waals surface area contributed by atoms with Crippen LogP contribution in [0.2, 0.25) is 23.2 Å². The number of halogens is 1. The van der Waals surface area contributed by atoms with E-state index in [1.54, 1.807) is 31.2 Å². The van der Waals surface area contributed by atoms with Crippen molar-refractivity contribution >= 4 is 47.3 Å². The van der Waals surface area contributed by atoms with Gasteiger partial charge in [0.25, 0.3) is 0 Å². The second kappa shape index (κ2) is 12.0. The van der Waals surface area contributed by atoms with E-state index in [2.05, 4.69) is 24.1 Å². The van der Waals surface area contributed by atoms with Crippen molar-refractivity contribution in [2.24, 2.45) is 0 Å². The molecule has 0 bridgehead atoms. The van der Waals surface area contributed by atoms with E-state index in [0.717, 1.165) is 5.56 Å². The predicted molar refractivity (Wildman–Crippen MR) is 169 cm³/mol. The van der Waals surface area contributed by atoms with Gasteiger partial charge in [-0.15, -0.1) is 0 Å². The van der Waals surface area contributed by atoms with Crippen LogP contribution < -0.4 is 5.32 Å². The summed E-state index contributed by atoms with van der Waals surface area (Å²) < 4.78 is 24.1. The lowest BCUT2D eigenvalue weighted by Crippen LogP contribution is -2.44. The van der Waals surface area contributed by atoms with Crippen LogP contribution in [0.3, 0.4) is 0 Å². The fraction of sp³-hybridized carbons (Fsp3) is 0.406. The molecule has 1 aromatic heterocycles. The van der Waals surface area contributed by atoms with E-state index in [1.165, 1.54) is 12.1 Å². The molecule has 1 aliphatic carbocycles. The highest BCUT2D eigenvalue weighted by Crippen LogP contribution is 2.48. The van der Waals surface area contributed by atoms with Gasteiger partial charge in [-0.2, -0.15) is 0 Å². The summed E-state index contributed by atoms with van der Waals surface area (Å²) in [5.74, 6) is 0.0847. The van der Waals surface area contributed by atoms with Gasteiger partial charge in [-0.25, -0.2) is 13.4 Å². The van der Waals surface area contributed by atoms with Gasteiger partial charge >= 0.3 is 0 Å². The number of Topliss-reactive ketones (excluding diaryl/α,β-unsaturated/α-hetero) is 1. The van der Waals surface area contributed by atoms with Crippen molar-refractivity contribution in [2.75, 3.05) is 11.1 Å². The number of nitrogens with zero attached hydrogens (tertiary/aromatic N) is 1. The van der Waals surface area contributed by atoms with Crippen molar-refractivity contribution in [3.8, 4) is 0 Å². The van der Waals surface area contributed by atoms with E-state index in [1.807, 2.05) is 37.4 Å². The number of rotatable bonds is 10. The van der Waals surface area contributed by atoms with Crippen LogP contribution in [0.25, 0.3) is 0 Å². The molecule has 4 rings (SSSR count). The van der Waals surface area contributed by atoms with Crippen molar-refractivity contribution in [1.29, 1.82) is 0 Å². The number of pyridine rings is 1. The highest BCUT2D eigenvalue weighted by molar-refractivity contribution is 7.91. The van der Waals surface area contributed by atoms with Gasteiger partial charge in [0.2, 0.25) is 5.91 Å². The van der Waals surface area contributed by atoms with Crippen LogP contribution in [0.4, 0.5) is 5.82 Å². The molecule has 1 aliphatic rings. The normalized spacial score (nSPS) is 17.5. The molecular weight excluding hydrogens is 588 g/mol. The minimum Gasteiger partial charge on any atom is -0.432 e. The Morgan fingerprint density at radius 2 is 1.71 bits per heavy atom. The number of anilines is 1. The number of carbonyl (C=O) groups excluding carboxylic acids is 2. The summed E-state index contributed by atoms with van der Waals surface area (Å²) in [6, 6.07) is 17.2. The number of ketones is 1. The molecule has 2 aromatic carbocycles. The second-order valence-corrected chi connectivity index (χ2v) is 19.5. The van der Waals surface area contributed by atoms with Gasteiger partial charge in [-0.3, -0.25) is 9.59 Å². The number of fused-ring (bicyclic) bond motifs is 1. The lowest BCUT2D eigenvalue weighted by Gasteiger charge is -2.42. The maximum Gasteiger partial charge on any atom is 0.229 e. The van der Waals surface area contributed by atoms with Gasteiger partial charge in [0.05, 0.1) is 28.2 Å². The molecule has 0 aliphatic heterocycles. The number of aryl methyl sites for hydroxylation is 1. The van der Waals surface area contributed by atoms with Crippen molar-refractivity contribution in [3.63, 3.8) is 0 Å². The molecule has 3 aromatic rings. The third kappa shape index (κ3) is 6.69. The molecule has 2 N–H and O–H groups in total. The SMILES string of the molecule is CCS(=O)(=O)c1ccc(CC(=O)Nc2ccc3c(n2)CCC(CCC(C)(C)[Si](C)(C)O)(c2ccc(Cl)cc2)C3=O)cc1. The number of benzene rings is 2. The molecule has 42 heavy (non-hydrogen) atoms. The molecule has 0 saturated heterocycles. The molecule has 0 saturated carbocycles. The Hall–Kier alpha value is -2.85. The van der Waals surface area contributed by atoms with Crippen LogP contribution in [0.1, 0.15) is 67.2 Å². The van der Waals surface area contributed by atoms with Gasteiger partial charge in [-0.1, -0.05) is 56.6 Å². The van der Waals surface area contributed by atoms with Crippen LogP contribution in [0, 0.1) is 0 Å². The van der Waals surface area contributed by atoms with E-state index in [9.17, 15) is 22.8 Å². The summed E-state index contributed by atoms with van der Waals surface area (Å²) in [6.07, 6.45) is 2.46. The van der Waals surface area contributed by atoms with E-state index < -0.39 is 23.6 Å². The summed E-state index contributed by atoms with van der Waals surface area (Å²) in [4.78, 5) is 42.8. The largest absolute Gasteiger partial charge is 0.432 e. The molecule has 0 fully saturated rings. The van der Waals surface area contributed by atoms with Gasteiger partial charge in [0.15, 0.2) is 23.9 Å². The summed E-state index contributed by atoms with van der Waals surface area (Å²) in [5.41, 5.74) is 2.01. The van der Waals surface area contributed by atoms with Gasteiger partial charge in [-0.05, 0) is 91.3 Å². The molecule has 1 amide bonds. The van der Waals surface area contributed by atoms with Crippen LogP contribution in [-0.2, 0) is 32.9 Å². The van der Waals surface area contributed by atoms with Crippen molar-refractivity contribution in [3.05, 3.63) is 88.1 Å².